The summed E-state index contributed by atoms with van der Waals surface area (Å²) in [6, 6.07) is 0. The predicted molar refractivity (Wildman–Crippen MR) is 107 cm³/mol. The fraction of sp³-hybridized carbons (Fsp3) is 1.00. The van der Waals surface area contributed by atoms with E-state index in [-0.39, 0.29) is 17.8 Å². The smallest absolute Gasteiger partial charge is 0.165 e. The van der Waals surface area contributed by atoms with Crippen molar-refractivity contribution in [1.29, 1.82) is 0 Å². The lowest BCUT2D eigenvalue weighted by molar-refractivity contribution is -0.204. The van der Waals surface area contributed by atoms with Crippen molar-refractivity contribution in [3.8, 4) is 0 Å². The molecule has 0 aromatic carbocycles. The van der Waals surface area contributed by atoms with Gasteiger partial charge in [-0.2, -0.15) is 0 Å². The van der Waals surface area contributed by atoms with E-state index in [9.17, 15) is 5.11 Å². The Morgan fingerprint density at radius 2 is 1.86 bits per heavy atom. The van der Waals surface area contributed by atoms with E-state index < -0.39 is 11.9 Å². The lowest BCUT2D eigenvalue weighted by Crippen LogP contribution is -2.39. The second kappa shape index (κ2) is 7.49. The van der Waals surface area contributed by atoms with Crippen molar-refractivity contribution >= 4 is 0 Å². The van der Waals surface area contributed by atoms with Crippen LogP contribution in [0.3, 0.4) is 0 Å². The van der Waals surface area contributed by atoms with E-state index in [4.69, 9.17) is 18.9 Å². The van der Waals surface area contributed by atoms with Crippen molar-refractivity contribution in [2.75, 3.05) is 13.2 Å². The molecule has 0 amide bonds. The molecule has 2 aliphatic heterocycles. The van der Waals surface area contributed by atoms with E-state index in [1.807, 2.05) is 6.92 Å². The topological polar surface area (TPSA) is 57.2 Å². The van der Waals surface area contributed by atoms with E-state index in [1.54, 1.807) is 0 Å². The zero-order valence-corrected chi connectivity index (χ0v) is 18.4. The maximum atomic E-state index is 10.7. The minimum Gasteiger partial charge on any atom is -0.390 e. The molecule has 2 saturated carbocycles. The highest BCUT2D eigenvalue weighted by atomic mass is 16.7. The van der Waals surface area contributed by atoms with Crippen LogP contribution in [0.25, 0.3) is 0 Å². The minimum atomic E-state index is -0.476. The highest BCUT2D eigenvalue weighted by Gasteiger charge is 2.69. The molecule has 0 radical (unpaired) electrons. The van der Waals surface area contributed by atoms with Gasteiger partial charge in [-0.15, -0.1) is 0 Å². The van der Waals surface area contributed by atoms with Gasteiger partial charge in [-0.25, -0.2) is 0 Å². The quantitative estimate of drug-likeness (QED) is 0.664. The Labute approximate surface area is 170 Å². The summed E-state index contributed by atoms with van der Waals surface area (Å²) in [5.41, 5.74) is 0.620. The molecule has 0 aromatic rings. The zero-order valence-electron chi connectivity index (χ0n) is 18.4. The summed E-state index contributed by atoms with van der Waals surface area (Å²) in [4.78, 5) is 0. The van der Waals surface area contributed by atoms with Gasteiger partial charge in [-0.05, 0) is 61.7 Å². The second-order valence-electron chi connectivity index (χ2n) is 10.5. The number of hydrogen-bond donors (Lipinski definition) is 1. The molecule has 2 bridgehead atoms. The van der Waals surface area contributed by atoms with E-state index >= 15 is 0 Å². The molecule has 2 heterocycles. The summed E-state index contributed by atoms with van der Waals surface area (Å²) in [5.74, 6) is 0.883. The summed E-state index contributed by atoms with van der Waals surface area (Å²) >= 11 is 0. The van der Waals surface area contributed by atoms with Gasteiger partial charge in [0.25, 0.3) is 0 Å². The van der Waals surface area contributed by atoms with Gasteiger partial charge in [0.05, 0.1) is 31.5 Å². The van der Waals surface area contributed by atoms with Crippen LogP contribution in [0.15, 0.2) is 0 Å². The molecule has 162 valence electrons. The highest BCUT2D eigenvalue weighted by molar-refractivity contribution is 5.16. The fourth-order valence-electron chi connectivity index (χ4n) is 6.74. The summed E-state index contributed by atoms with van der Waals surface area (Å²) in [6.07, 6.45) is 6.26. The molecule has 0 spiro atoms. The Hall–Kier alpha value is -0.200. The SMILES string of the molecule is CC[C@@H](O[C@@H]1C[C@H]2[C@H]3CC[C@@](C)([C@H]2O1)C3(C)C)[C@H](O)CCCC1(C)OCCO1. The van der Waals surface area contributed by atoms with E-state index in [0.29, 0.717) is 37.1 Å². The van der Waals surface area contributed by atoms with Gasteiger partial charge < -0.3 is 24.1 Å². The highest BCUT2D eigenvalue weighted by Crippen LogP contribution is 2.71. The monoisotopic (exact) mass is 396 g/mol. The zero-order chi connectivity index (χ0) is 20.2. The third kappa shape index (κ3) is 3.35. The van der Waals surface area contributed by atoms with Gasteiger partial charge in [0.1, 0.15) is 0 Å². The average Bonchev–Trinajstić information content (AvgIpc) is 3.34. The molecule has 4 rings (SSSR count). The Morgan fingerprint density at radius 3 is 2.50 bits per heavy atom. The standard InChI is InChI=1S/C23H40O5/c1-6-18(17(24)8-7-10-23(5)25-12-13-26-23)27-19-14-15-16-9-11-22(4,20(15)28-19)21(16,2)3/h15-20,24H,6-14H2,1-5H3/t15-,16+,17+,18+,19-,20-,22-/m0/s1. The van der Waals surface area contributed by atoms with Gasteiger partial charge in [0.2, 0.25) is 0 Å². The molecule has 5 heteroatoms. The van der Waals surface area contributed by atoms with E-state index in [1.165, 1.54) is 12.8 Å². The molecule has 7 atom stereocenters. The van der Waals surface area contributed by atoms with Gasteiger partial charge in [0, 0.05) is 12.8 Å². The second-order valence-corrected chi connectivity index (χ2v) is 10.5. The van der Waals surface area contributed by atoms with Crippen LogP contribution in [-0.4, -0.2) is 48.7 Å². The van der Waals surface area contributed by atoms with Gasteiger partial charge in [-0.3, -0.25) is 0 Å². The Balaban J connectivity index is 1.28. The van der Waals surface area contributed by atoms with Crippen molar-refractivity contribution in [3.63, 3.8) is 0 Å². The molecule has 28 heavy (non-hydrogen) atoms. The van der Waals surface area contributed by atoms with Crippen LogP contribution in [0.1, 0.15) is 79.6 Å². The Morgan fingerprint density at radius 1 is 1.14 bits per heavy atom. The number of rotatable bonds is 8. The molecule has 4 aliphatic rings. The van der Waals surface area contributed by atoms with Crippen molar-refractivity contribution < 1.29 is 24.1 Å². The third-order valence-electron chi connectivity index (χ3n) is 8.86. The summed E-state index contributed by atoms with van der Waals surface area (Å²) in [5, 5.41) is 10.7. The summed E-state index contributed by atoms with van der Waals surface area (Å²) < 4.78 is 24.1. The first-order valence-electron chi connectivity index (χ1n) is 11.5. The van der Waals surface area contributed by atoms with Crippen molar-refractivity contribution in [3.05, 3.63) is 0 Å². The molecule has 5 nitrogen and oxygen atoms in total. The maximum absolute atomic E-state index is 10.7. The first-order valence-corrected chi connectivity index (χ1v) is 11.5. The molecule has 0 aromatic heterocycles. The minimum absolute atomic E-state index is 0.162. The largest absolute Gasteiger partial charge is 0.390 e. The number of aliphatic hydroxyl groups excluding tert-OH is 1. The number of fused-ring (bicyclic) bond motifs is 5. The normalized spacial score (nSPS) is 42.6. The molecule has 2 aliphatic carbocycles. The van der Waals surface area contributed by atoms with Crippen LogP contribution in [0.4, 0.5) is 0 Å². The van der Waals surface area contributed by atoms with Crippen LogP contribution in [0, 0.1) is 22.7 Å². The molecular formula is C23H40O5. The molecule has 2 saturated heterocycles. The van der Waals surface area contributed by atoms with Crippen LogP contribution in [0.5, 0.6) is 0 Å². The first kappa shape index (κ1) is 21.0. The Kier molecular flexibility index (Phi) is 5.63. The molecular weight excluding hydrogens is 356 g/mol. The molecule has 0 unspecified atom stereocenters. The van der Waals surface area contributed by atoms with Crippen molar-refractivity contribution in [2.45, 2.75) is 110 Å². The van der Waals surface area contributed by atoms with Crippen LogP contribution in [0.2, 0.25) is 0 Å². The first-order chi connectivity index (χ1) is 13.2. The summed E-state index contributed by atoms with van der Waals surface area (Å²) in [7, 11) is 0. The van der Waals surface area contributed by atoms with Crippen molar-refractivity contribution in [2.24, 2.45) is 22.7 Å². The number of ether oxygens (including phenoxy) is 4. The van der Waals surface area contributed by atoms with Gasteiger partial charge in [0.15, 0.2) is 12.1 Å². The van der Waals surface area contributed by atoms with Gasteiger partial charge in [-0.1, -0.05) is 27.7 Å². The van der Waals surface area contributed by atoms with Crippen LogP contribution in [-0.2, 0) is 18.9 Å². The molecule has 1 N–H and O–H groups in total. The van der Waals surface area contributed by atoms with Crippen molar-refractivity contribution in [1.82, 2.24) is 0 Å². The maximum Gasteiger partial charge on any atom is 0.165 e. The Bertz CT molecular complexity index is 557. The predicted octanol–water partition coefficient (Wildman–Crippen LogP) is 4.26. The lowest BCUT2D eigenvalue weighted by atomic mass is 9.70. The van der Waals surface area contributed by atoms with E-state index in [2.05, 4.69) is 27.7 Å². The van der Waals surface area contributed by atoms with E-state index in [0.717, 1.165) is 31.6 Å². The lowest BCUT2D eigenvalue weighted by Gasteiger charge is -2.39. The van der Waals surface area contributed by atoms with Crippen LogP contribution >= 0.6 is 0 Å². The van der Waals surface area contributed by atoms with Gasteiger partial charge >= 0.3 is 0 Å². The fourth-order valence-corrected chi connectivity index (χ4v) is 6.74. The number of aliphatic hydroxyl groups is 1. The molecule has 4 fully saturated rings. The van der Waals surface area contributed by atoms with Crippen LogP contribution < -0.4 is 0 Å². The number of hydrogen-bond acceptors (Lipinski definition) is 5. The summed E-state index contributed by atoms with van der Waals surface area (Å²) in [6.45, 7) is 12.7. The third-order valence-corrected chi connectivity index (χ3v) is 8.86. The average molecular weight is 397 g/mol.